The van der Waals surface area contributed by atoms with E-state index in [0.717, 1.165) is 5.92 Å². The van der Waals surface area contributed by atoms with Gasteiger partial charge < -0.3 is 5.32 Å². The first-order chi connectivity index (χ1) is 8.61. The van der Waals surface area contributed by atoms with Gasteiger partial charge in [0.25, 0.3) is 0 Å². The Balaban J connectivity index is 1.70. The highest BCUT2D eigenvalue weighted by Gasteiger charge is 2.59. The van der Waals surface area contributed by atoms with Crippen molar-refractivity contribution in [3.05, 3.63) is 0 Å². The number of rotatable bonds is 3. The van der Waals surface area contributed by atoms with Gasteiger partial charge in [-0.2, -0.15) is 0 Å². The molecular formula is C18H33N. The fourth-order valence-electron chi connectivity index (χ4n) is 6.35. The van der Waals surface area contributed by atoms with Gasteiger partial charge in [0.15, 0.2) is 0 Å². The van der Waals surface area contributed by atoms with Crippen LogP contribution in [0.3, 0.4) is 0 Å². The van der Waals surface area contributed by atoms with Gasteiger partial charge in [0.2, 0.25) is 0 Å². The molecule has 0 heterocycles. The third-order valence-electron chi connectivity index (χ3n) is 6.00. The Hall–Kier alpha value is -0.0400. The lowest BCUT2D eigenvalue weighted by molar-refractivity contribution is -0.118. The van der Waals surface area contributed by atoms with E-state index in [2.05, 4.69) is 39.9 Å². The minimum atomic E-state index is 0.461. The summed E-state index contributed by atoms with van der Waals surface area (Å²) >= 11 is 0. The molecular weight excluding hydrogens is 230 g/mol. The van der Waals surface area contributed by atoms with Crippen LogP contribution in [0.4, 0.5) is 0 Å². The van der Waals surface area contributed by atoms with Crippen molar-refractivity contribution >= 4 is 0 Å². The molecule has 0 aromatic heterocycles. The standard InChI is InChI=1S/C18H33N/c1-15(2,3)6-7-19-18-10-14-8-16(4,12-18)11-17(5,9-14)13-18/h14,19H,6-13H2,1-5H3. The Morgan fingerprint density at radius 1 is 0.947 bits per heavy atom. The van der Waals surface area contributed by atoms with Crippen LogP contribution < -0.4 is 5.32 Å². The van der Waals surface area contributed by atoms with Crippen molar-refractivity contribution in [2.24, 2.45) is 22.2 Å². The lowest BCUT2D eigenvalue weighted by Gasteiger charge is -2.65. The molecule has 0 spiro atoms. The van der Waals surface area contributed by atoms with Crippen LogP contribution >= 0.6 is 0 Å². The summed E-state index contributed by atoms with van der Waals surface area (Å²) in [5.41, 5.74) is 2.24. The molecule has 110 valence electrons. The highest BCUT2D eigenvalue weighted by Crippen LogP contribution is 2.66. The van der Waals surface area contributed by atoms with Crippen molar-refractivity contribution in [1.29, 1.82) is 0 Å². The summed E-state index contributed by atoms with van der Waals surface area (Å²) < 4.78 is 0. The van der Waals surface area contributed by atoms with Crippen molar-refractivity contribution in [1.82, 2.24) is 5.32 Å². The summed E-state index contributed by atoms with van der Waals surface area (Å²) in [6, 6.07) is 0. The van der Waals surface area contributed by atoms with Gasteiger partial charge in [0.05, 0.1) is 0 Å². The van der Waals surface area contributed by atoms with Crippen molar-refractivity contribution in [2.45, 2.75) is 85.1 Å². The monoisotopic (exact) mass is 263 g/mol. The number of hydrogen-bond donors (Lipinski definition) is 1. The first-order valence-electron chi connectivity index (χ1n) is 8.36. The maximum absolute atomic E-state index is 4.03. The first-order valence-corrected chi connectivity index (χ1v) is 8.36. The van der Waals surface area contributed by atoms with Gasteiger partial charge in [-0.25, -0.2) is 0 Å². The van der Waals surface area contributed by atoms with Gasteiger partial charge in [-0.3, -0.25) is 0 Å². The summed E-state index contributed by atoms with van der Waals surface area (Å²) in [6.45, 7) is 13.4. The van der Waals surface area contributed by atoms with Crippen LogP contribution in [-0.2, 0) is 0 Å². The van der Waals surface area contributed by atoms with E-state index in [4.69, 9.17) is 0 Å². The number of nitrogens with one attached hydrogen (secondary N) is 1. The average molecular weight is 263 g/mol. The Bertz CT molecular complexity index is 346. The van der Waals surface area contributed by atoms with Crippen molar-refractivity contribution in [3.63, 3.8) is 0 Å². The molecule has 0 amide bonds. The largest absolute Gasteiger partial charge is 0.311 e. The summed E-state index contributed by atoms with van der Waals surface area (Å²) in [5.74, 6) is 1.01. The molecule has 0 radical (unpaired) electrons. The smallest absolute Gasteiger partial charge is 0.0194 e. The summed E-state index contributed by atoms with van der Waals surface area (Å²) in [7, 11) is 0. The minimum absolute atomic E-state index is 0.461. The van der Waals surface area contributed by atoms with Crippen LogP contribution in [0.1, 0.15) is 79.6 Å². The SMILES string of the molecule is CC(C)(C)CCNC12CC3CC(C)(CC(C)(C3)C1)C2. The zero-order valence-electron chi connectivity index (χ0n) is 13.7. The van der Waals surface area contributed by atoms with Crippen LogP contribution in [0.15, 0.2) is 0 Å². The topological polar surface area (TPSA) is 12.0 Å². The maximum Gasteiger partial charge on any atom is 0.0194 e. The molecule has 19 heavy (non-hydrogen) atoms. The van der Waals surface area contributed by atoms with Crippen molar-refractivity contribution < 1.29 is 0 Å². The summed E-state index contributed by atoms with van der Waals surface area (Å²) in [4.78, 5) is 0. The molecule has 4 fully saturated rings. The Labute approximate surface area is 119 Å². The van der Waals surface area contributed by atoms with E-state index in [1.54, 1.807) is 0 Å². The fraction of sp³-hybridized carbons (Fsp3) is 1.00. The van der Waals surface area contributed by atoms with Gasteiger partial charge >= 0.3 is 0 Å². The molecule has 4 aliphatic carbocycles. The van der Waals surface area contributed by atoms with Gasteiger partial charge in [-0.05, 0) is 73.7 Å². The quantitative estimate of drug-likeness (QED) is 0.774. The predicted octanol–water partition coefficient (Wildman–Crippen LogP) is 4.76. The van der Waals surface area contributed by atoms with Crippen molar-refractivity contribution in [2.75, 3.05) is 6.54 Å². The molecule has 1 N–H and O–H groups in total. The van der Waals surface area contributed by atoms with Crippen molar-refractivity contribution in [3.8, 4) is 0 Å². The molecule has 1 nitrogen and oxygen atoms in total. The highest BCUT2D eigenvalue weighted by molar-refractivity contribution is 5.14. The molecule has 1 heteroatoms. The molecule has 4 aliphatic rings. The predicted molar refractivity (Wildman–Crippen MR) is 82.2 cm³/mol. The number of hydrogen-bond acceptors (Lipinski definition) is 1. The van der Waals surface area contributed by atoms with Crippen LogP contribution in [-0.4, -0.2) is 12.1 Å². The third kappa shape index (κ3) is 2.73. The van der Waals surface area contributed by atoms with Crippen LogP contribution in [0.25, 0.3) is 0 Å². The fourth-order valence-corrected chi connectivity index (χ4v) is 6.35. The second-order valence-corrected chi connectivity index (χ2v) is 10.1. The molecule has 0 aromatic rings. The van der Waals surface area contributed by atoms with Gasteiger partial charge in [0.1, 0.15) is 0 Å². The van der Waals surface area contributed by atoms with E-state index >= 15 is 0 Å². The molecule has 0 saturated heterocycles. The Kier molecular flexibility index (Phi) is 2.93. The highest BCUT2D eigenvalue weighted by atomic mass is 15.0. The molecule has 2 atom stereocenters. The lowest BCUT2D eigenvalue weighted by atomic mass is 9.43. The molecule has 0 aromatic carbocycles. The van der Waals surface area contributed by atoms with Crippen LogP contribution in [0.5, 0.6) is 0 Å². The zero-order valence-corrected chi connectivity index (χ0v) is 13.7. The van der Waals surface area contributed by atoms with E-state index in [9.17, 15) is 0 Å². The van der Waals surface area contributed by atoms with E-state index in [1.165, 1.54) is 51.5 Å². The minimum Gasteiger partial charge on any atom is -0.311 e. The second kappa shape index (κ2) is 4.00. The second-order valence-electron chi connectivity index (χ2n) is 10.1. The summed E-state index contributed by atoms with van der Waals surface area (Å²) in [5, 5.41) is 4.03. The molecule has 4 bridgehead atoms. The normalized spacial score (nSPS) is 48.8. The van der Waals surface area contributed by atoms with E-state index in [0.29, 0.717) is 21.8 Å². The zero-order chi connectivity index (χ0) is 13.9. The van der Waals surface area contributed by atoms with Gasteiger partial charge in [-0.1, -0.05) is 34.6 Å². The molecule has 4 saturated carbocycles. The summed E-state index contributed by atoms with van der Waals surface area (Å²) in [6.07, 6.45) is 10.1. The lowest BCUT2D eigenvalue weighted by Crippen LogP contribution is -2.64. The Morgan fingerprint density at radius 2 is 1.53 bits per heavy atom. The van der Waals surface area contributed by atoms with Gasteiger partial charge in [0, 0.05) is 5.54 Å². The maximum atomic E-state index is 4.03. The van der Waals surface area contributed by atoms with E-state index in [-0.39, 0.29) is 0 Å². The molecule has 0 aliphatic heterocycles. The van der Waals surface area contributed by atoms with Crippen LogP contribution in [0, 0.1) is 22.2 Å². The molecule has 2 unspecified atom stereocenters. The first kappa shape index (κ1) is 13.9. The van der Waals surface area contributed by atoms with Crippen LogP contribution in [0.2, 0.25) is 0 Å². The molecule has 4 rings (SSSR count). The third-order valence-corrected chi connectivity index (χ3v) is 6.00. The van der Waals surface area contributed by atoms with E-state index < -0.39 is 0 Å². The van der Waals surface area contributed by atoms with Gasteiger partial charge in [-0.15, -0.1) is 0 Å². The Morgan fingerprint density at radius 3 is 2.00 bits per heavy atom. The average Bonchev–Trinajstić information content (AvgIpc) is 2.07. The van der Waals surface area contributed by atoms with E-state index in [1.807, 2.05) is 0 Å².